The van der Waals surface area contributed by atoms with Gasteiger partial charge in [0.2, 0.25) is 0 Å². The van der Waals surface area contributed by atoms with Gasteiger partial charge in [-0.15, -0.1) is 0 Å². The topological polar surface area (TPSA) is 36.9 Å². The lowest BCUT2D eigenvalue weighted by molar-refractivity contribution is -0.352. The van der Waals surface area contributed by atoms with Gasteiger partial charge in [0.05, 0.1) is 13.2 Å². The van der Waals surface area contributed by atoms with Gasteiger partial charge < -0.3 is 18.9 Å². The molecule has 0 aliphatic carbocycles. The number of rotatable bonds is 10. The summed E-state index contributed by atoms with van der Waals surface area (Å²) in [5.41, 5.74) is 0.311. The van der Waals surface area contributed by atoms with E-state index >= 15 is 0 Å². The second-order valence-corrected chi connectivity index (χ2v) is 7.84. The van der Waals surface area contributed by atoms with E-state index in [4.69, 9.17) is 14.2 Å². The lowest BCUT2D eigenvalue weighted by Gasteiger charge is -2.33. The van der Waals surface area contributed by atoms with Crippen LogP contribution >= 0.6 is 0 Å². The lowest BCUT2D eigenvalue weighted by atomic mass is 10.0. The molecule has 0 N–H and O–H groups in total. The van der Waals surface area contributed by atoms with Gasteiger partial charge in [0.1, 0.15) is 5.75 Å². The van der Waals surface area contributed by atoms with E-state index in [0.29, 0.717) is 0 Å². The van der Waals surface area contributed by atoms with E-state index in [0.717, 1.165) is 37.8 Å². The molecule has 0 amide bonds. The highest BCUT2D eigenvalue weighted by atomic mass is 19.3. The molecule has 186 valence electrons. The molecule has 1 heterocycles. The number of ether oxygens (including phenoxy) is 4. The second kappa shape index (κ2) is 11.6. The predicted molar refractivity (Wildman–Crippen MR) is 112 cm³/mol. The quantitative estimate of drug-likeness (QED) is 0.199. The zero-order valence-corrected chi connectivity index (χ0v) is 18.3. The van der Waals surface area contributed by atoms with Gasteiger partial charge in [-0.2, -0.15) is 17.6 Å². The summed E-state index contributed by atoms with van der Waals surface area (Å²) in [5, 5.41) is 0. The van der Waals surface area contributed by atoms with Crippen molar-refractivity contribution < 1.29 is 45.3 Å². The second-order valence-electron chi connectivity index (χ2n) is 7.84. The first-order chi connectivity index (χ1) is 16.2. The SMILES string of the molecule is CCCCCC1COC(C(F)(F)Oc2ccc(-c3cc(F)c(OC=C(F)F)c(F)c3)cc2)OC1. The summed E-state index contributed by atoms with van der Waals surface area (Å²) in [6, 6.07) is 6.75. The molecule has 0 saturated carbocycles. The van der Waals surface area contributed by atoms with Gasteiger partial charge in [-0.3, -0.25) is 0 Å². The third-order valence-electron chi connectivity index (χ3n) is 5.16. The van der Waals surface area contributed by atoms with Gasteiger partial charge in [-0.1, -0.05) is 38.3 Å². The Kier molecular flexibility index (Phi) is 8.84. The van der Waals surface area contributed by atoms with Gasteiger partial charge in [0, 0.05) is 5.92 Å². The Bertz CT molecular complexity index is 945. The van der Waals surface area contributed by atoms with E-state index in [2.05, 4.69) is 11.7 Å². The smallest absolute Gasteiger partial charge is 0.451 e. The molecule has 10 heteroatoms. The Labute approximate surface area is 193 Å². The number of hydrogen-bond donors (Lipinski definition) is 0. The van der Waals surface area contributed by atoms with Crippen LogP contribution < -0.4 is 9.47 Å². The number of hydrogen-bond acceptors (Lipinski definition) is 4. The molecule has 1 saturated heterocycles. The fourth-order valence-corrected chi connectivity index (χ4v) is 3.45. The predicted octanol–water partition coefficient (Wildman–Crippen LogP) is 7.29. The Morgan fingerprint density at radius 1 is 1.00 bits per heavy atom. The zero-order chi connectivity index (χ0) is 24.7. The molecule has 0 atom stereocenters. The summed E-state index contributed by atoms with van der Waals surface area (Å²) < 4.78 is 101. The third-order valence-corrected chi connectivity index (χ3v) is 5.16. The highest BCUT2D eigenvalue weighted by Crippen LogP contribution is 2.33. The molecule has 2 aromatic carbocycles. The summed E-state index contributed by atoms with van der Waals surface area (Å²) in [7, 11) is 0. The first-order valence-electron chi connectivity index (χ1n) is 10.8. The van der Waals surface area contributed by atoms with Crippen LogP contribution in [0.2, 0.25) is 0 Å². The van der Waals surface area contributed by atoms with Crippen molar-refractivity contribution in [2.75, 3.05) is 13.2 Å². The van der Waals surface area contributed by atoms with E-state index in [9.17, 15) is 26.3 Å². The first kappa shape index (κ1) is 25.9. The van der Waals surface area contributed by atoms with Crippen LogP contribution in [0, 0.1) is 17.6 Å². The van der Waals surface area contributed by atoms with Crippen LogP contribution in [0.3, 0.4) is 0 Å². The maximum atomic E-state index is 14.5. The van der Waals surface area contributed by atoms with Gasteiger partial charge >= 0.3 is 12.2 Å². The average molecular weight is 490 g/mol. The number of benzene rings is 2. The Morgan fingerprint density at radius 3 is 2.18 bits per heavy atom. The molecule has 0 unspecified atom stereocenters. The fraction of sp³-hybridized carbons (Fsp3) is 0.417. The van der Waals surface area contributed by atoms with Gasteiger partial charge in [-0.25, -0.2) is 8.78 Å². The van der Waals surface area contributed by atoms with Crippen molar-refractivity contribution in [3.8, 4) is 22.6 Å². The highest BCUT2D eigenvalue weighted by Gasteiger charge is 2.47. The summed E-state index contributed by atoms with van der Waals surface area (Å²) in [4.78, 5) is 0. The van der Waals surface area contributed by atoms with Gasteiger partial charge in [0.25, 0.3) is 6.29 Å². The van der Waals surface area contributed by atoms with E-state index in [1.54, 1.807) is 0 Å². The van der Waals surface area contributed by atoms with Crippen molar-refractivity contribution >= 4 is 0 Å². The van der Waals surface area contributed by atoms with Crippen molar-refractivity contribution in [2.45, 2.75) is 45.0 Å². The molecule has 3 rings (SSSR count). The first-order valence-corrected chi connectivity index (χ1v) is 10.8. The van der Waals surface area contributed by atoms with Crippen LogP contribution in [0.5, 0.6) is 11.5 Å². The largest absolute Gasteiger partial charge is 0.453 e. The molecular formula is C24H24F6O4. The highest BCUT2D eigenvalue weighted by molar-refractivity contribution is 5.65. The maximum absolute atomic E-state index is 14.5. The molecule has 4 nitrogen and oxygen atoms in total. The Morgan fingerprint density at radius 2 is 1.62 bits per heavy atom. The van der Waals surface area contributed by atoms with E-state index in [1.165, 1.54) is 24.3 Å². The fourth-order valence-electron chi connectivity index (χ4n) is 3.45. The van der Waals surface area contributed by atoms with Gasteiger partial charge in [0.15, 0.2) is 23.6 Å². The molecular weight excluding hydrogens is 466 g/mol. The molecule has 34 heavy (non-hydrogen) atoms. The van der Waals surface area contributed by atoms with Gasteiger partial charge in [-0.05, 0) is 41.8 Å². The van der Waals surface area contributed by atoms with Crippen molar-refractivity contribution in [3.63, 3.8) is 0 Å². The van der Waals surface area contributed by atoms with Crippen LogP contribution in [0.4, 0.5) is 26.3 Å². The molecule has 0 bridgehead atoms. The summed E-state index contributed by atoms with van der Waals surface area (Å²) in [5.74, 6) is -3.56. The van der Waals surface area contributed by atoms with Crippen molar-refractivity contribution in [1.82, 2.24) is 0 Å². The summed E-state index contributed by atoms with van der Waals surface area (Å²) in [6.07, 6.45) is -4.01. The standard InChI is InChI=1S/C24H24F6O4/c1-2-3-4-5-15-12-32-23(33-13-15)24(29,30)34-18-8-6-16(7-9-18)17-10-19(25)22(20(26)11-17)31-14-21(27)28/h6-11,14-15,23H,2-5,12-13H2,1H3. The summed E-state index contributed by atoms with van der Waals surface area (Å²) >= 11 is 0. The van der Waals surface area contributed by atoms with Crippen LogP contribution in [0.15, 0.2) is 48.7 Å². The molecule has 1 aliphatic heterocycles. The Balaban J connectivity index is 1.62. The molecule has 0 radical (unpaired) electrons. The minimum atomic E-state index is -3.76. The maximum Gasteiger partial charge on any atom is 0.451 e. The molecule has 1 fully saturated rings. The van der Waals surface area contributed by atoms with Crippen LogP contribution in [0.25, 0.3) is 11.1 Å². The minimum Gasteiger partial charge on any atom is -0.453 e. The normalized spacial score (nSPS) is 18.4. The van der Waals surface area contributed by atoms with Crippen LogP contribution in [0.1, 0.15) is 32.6 Å². The number of unbranched alkanes of at least 4 members (excludes halogenated alkanes) is 2. The van der Waals surface area contributed by atoms with E-state index in [1.807, 2.05) is 0 Å². The average Bonchev–Trinajstić information content (AvgIpc) is 2.79. The van der Waals surface area contributed by atoms with Crippen molar-refractivity contribution in [1.29, 1.82) is 0 Å². The molecule has 0 aromatic heterocycles. The third kappa shape index (κ3) is 6.89. The number of alkyl halides is 2. The lowest BCUT2D eigenvalue weighted by Crippen LogP contribution is -2.47. The number of halogens is 6. The minimum absolute atomic E-state index is 0.0402. The van der Waals surface area contributed by atoms with Crippen molar-refractivity contribution in [3.05, 3.63) is 60.4 Å². The van der Waals surface area contributed by atoms with Crippen molar-refractivity contribution in [2.24, 2.45) is 5.92 Å². The molecule has 2 aromatic rings. The van der Waals surface area contributed by atoms with Crippen LogP contribution in [-0.4, -0.2) is 25.6 Å². The molecule has 1 aliphatic rings. The summed E-state index contributed by atoms with van der Waals surface area (Å²) in [6.45, 7) is 2.38. The van der Waals surface area contributed by atoms with E-state index in [-0.39, 0.29) is 42.3 Å². The Hall–Kier alpha value is -2.72. The monoisotopic (exact) mass is 490 g/mol. The van der Waals surface area contributed by atoms with E-state index < -0.39 is 35.9 Å². The zero-order valence-electron chi connectivity index (χ0n) is 18.3. The van der Waals surface area contributed by atoms with Crippen LogP contribution in [-0.2, 0) is 9.47 Å². The molecule has 0 spiro atoms.